The van der Waals surface area contributed by atoms with Crippen molar-refractivity contribution >= 4 is 11.7 Å². The molecule has 0 amide bonds. The number of carboxylic acid groups (broad SMARTS) is 1. The Morgan fingerprint density at radius 2 is 2.36 bits per heavy atom. The van der Waals surface area contributed by atoms with Gasteiger partial charge in [0.15, 0.2) is 0 Å². The van der Waals surface area contributed by atoms with Crippen LogP contribution in [0.1, 0.15) is 19.0 Å². The number of aliphatic carboxylic acids is 1. The van der Waals surface area contributed by atoms with Gasteiger partial charge in [-0.3, -0.25) is 9.78 Å². The maximum Gasteiger partial charge on any atom is 0.305 e. The summed E-state index contributed by atoms with van der Waals surface area (Å²) in [6, 6.07) is 3.21. The second-order valence-electron chi connectivity index (χ2n) is 3.46. The smallest absolute Gasteiger partial charge is 0.305 e. The van der Waals surface area contributed by atoms with Crippen molar-refractivity contribution in [1.82, 2.24) is 4.98 Å². The number of nitrogen functional groups attached to an aromatic ring is 1. The molecule has 76 valence electrons. The van der Waals surface area contributed by atoms with Crippen LogP contribution in [0.25, 0.3) is 0 Å². The van der Waals surface area contributed by atoms with E-state index in [0.717, 1.165) is 0 Å². The molecule has 1 aromatic rings. The van der Waals surface area contributed by atoms with E-state index in [4.69, 9.17) is 16.6 Å². The molecule has 1 heterocycles. The summed E-state index contributed by atoms with van der Waals surface area (Å²) in [7, 11) is 0. The Balaban J connectivity index is 2.97. The van der Waals surface area contributed by atoms with Crippen LogP contribution in [-0.4, -0.2) is 16.1 Å². The number of nitrogens with two attached hydrogens (primary N) is 2. The Morgan fingerprint density at radius 1 is 1.71 bits per heavy atom. The Bertz CT molecular complexity index is 350. The summed E-state index contributed by atoms with van der Waals surface area (Å²) < 4.78 is 0. The van der Waals surface area contributed by atoms with Gasteiger partial charge in [-0.25, -0.2) is 0 Å². The molecule has 1 atom stereocenters. The molecule has 5 heteroatoms. The fourth-order valence-electron chi connectivity index (χ4n) is 1.16. The van der Waals surface area contributed by atoms with E-state index in [0.29, 0.717) is 11.4 Å². The van der Waals surface area contributed by atoms with Crippen molar-refractivity contribution in [2.24, 2.45) is 5.73 Å². The molecule has 0 aromatic carbocycles. The minimum absolute atomic E-state index is 0.177. The summed E-state index contributed by atoms with van der Waals surface area (Å²) in [5.74, 6) is -0.959. The van der Waals surface area contributed by atoms with Gasteiger partial charge in [-0.2, -0.15) is 0 Å². The summed E-state index contributed by atoms with van der Waals surface area (Å²) in [4.78, 5) is 14.5. The lowest BCUT2D eigenvalue weighted by atomic mass is 9.94. The standard InChI is InChI=1S/C9H13N3O2/c1-9(11,5-8(13)14)7-4-6(10)2-3-12-7/h2-4H,5,11H2,1H3,(H2,10,12)(H,13,14)/t9-/m1/s1. The number of aromatic nitrogens is 1. The average molecular weight is 195 g/mol. The summed E-state index contributed by atoms with van der Waals surface area (Å²) in [6.45, 7) is 1.61. The number of anilines is 1. The highest BCUT2D eigenvalue weighted by molar-refractivity contribution is 5.68. The van der Waals surface area contributed by atoms with Crippen molar-refractivity contribution in [1.29, 1.82) is 0 Å². The number of hydrogen-bond acceptors (Lipinski definition) is 4. The van der Waals surface area contributed by atoms with Gasteiger partial charge in [0, 0.05) is 11.9 Å². The topological polar surface area (TPSA) is 102 Å². The Hall–Kier alpha value is -1.62. The zero-order valence-corrected chi connectivity index (χ0v) is 7.90. The lowest BCUT2D eigenvalue weighted by Gasteiger charge is -2.21. The SMILES string of the molecule is C[C@@](N)(CC(=O)O)c1cc(N)ccn1. The summed E-state index contributed by atoms with van der Waals surface area (Å²) in [6.07, 6.45) is 1.33. The van der Waals surface area contributed by atoms with E-state index in [2.05, 4.69) is 4.98 Å². The summed E-state index contributed by atoms with van der Waals surface area (Å²) in [5.41, 5.74) is 11.4. The molecule has 0 saturated heterocycles. The van der Waals surface area contributed by atoms with E-state index in [1.165, 1.54) is 6.20 Å². The number of carbonyl (C=O) groups is 1. The van der Waals surface area contributed by atoms with E-state index >= 15 is 0 Å². The molecular weight excluding hydrogens is 182 g/mol. The molecule has 0 unspecified atom stereocenters. The first-order valence-electron chi connectivity index (χ1n) is 4.14. The lowest BCUT2D eigenvalue weighted by molar-refractivity contribution is -0.138. The van der Waals surface area contributed by atoms with Crippen molar-refractivity contribution in [2.75, 3.05) is 5.73 Å². The quantitative estimate of drug-likeness (QED) is 0.644. The van der Waals surface area contributed by atoms with Crippen LogP contribution < -0.4 is 11.5 Å². The fourth-order valence-corrected chi connectivity index (χ4v) is 1.16. The van der Waals surface area contributed by atoms with Crippen LogP contribution in [-0.2, 0) is 10.3 Å². The van der Waals surface area contributed by atoms with Gasteiger partial charge in [0.05, 0.1) is 17.7 Å². The number of rotatable bonds is 3. The third-order valence-electron chi connectivity index (χ3n) is 1.89. The second-order valence-corrected chi connectivity index (χ2v) is 3.46. The first kappa shape index (κ1) is 10.5. The van der Waals surface area contributed by atoms with Crippen LogP contribution in [0.2, 0.25) is 0 Å². The Morgan fingerprint density at radius 3 is 2.86 bits per heavy atom. The highest BCUT2D eigenvalue weighted by Crippen LogP contribution is 2.20. The normalized spacial score (nSPS) is 14.7. The van der Waals surface area contributed by atoms with Crippen molar-refractivity contribution in [3.05, 3.63) is 24.0 Å². The molecule has 5 nitrogen and oxygen atoms in total. The Kier molecular flexibility index (Phi) is 2.71. The number of pyridine rings is 1. The lowest BCUT2D eigenvalue weighted by Crippen LogP contribution is -2.36. The second kappa shape index (κ2) is 3.63. The molecule has 0 aliphatic rings. The van der Waals surface area contributed by atoms with Gasteiger partial charge in [0.1, 0.15) is 0 Å². The van der Waals surface area contributed by atoms with Gasteiger partial charge in [-0.15, -0.1) is 0 Å². The van der Waals surface area contributed by atoms with Gasteiger partial charge in [-0.05, 0) is 19.1 Å². The largest absolute Gasteiger partial charge is 0.481 e. The molecule has 0 radical (unpaired) electrons. The van der Waals surface area contributed by atoms with Gasteiger partial charge in [-0.1, -0.05) is 0 Å². The predicted molar refractivity (Wildman–Crippen MR) is 52.4 cm³/mol. The molecule has 1 aromatic heterocycles. The first-order chi connectivity index (χ1) is 6.42. The predicted octanol–water partition coefficient (Wildman–Crippen LogP) is 0.312. The monoisotopic (exact) mass is 195 g/mol. The maximum absolute atomic E-state index is 10.5. The highest BCUT2D eigenvalue weighted by atomic mass is 16.4. The fraction of sp³-hybridized carbons (Fsp3) is 0.333. The number of hydrogen-bond donors (Lipinski definition) is 3. The summed E-state index contributed by atoms with van der Waals surface area (Å²) >= 11 is 0. The molecule has 0 saturated carbocycles. The summed E-state index contributed by atoms with van der Waals surface area (Å²) in [5, 5.41) is 8.64. The van der Waals surface area contributed by atoms with Crippen molar-refractivity contribution < 1.29 is 9.90 Å². The van der Waals surface area contributed by atoms with Crippen LogP contribution in [0.5, 0.6) is 0 Å². The van der Waals surface area contributed by atoms with Crippen molar-refractivity contribution in [3.8, 4) is 0 Å². The molecule has 14 heavy (non-hydrogen) atoms. The maximum atomic E-state index is 10.5. The minimum atomic E-state index is -0.985. The van der Waals surface area contributed by atoms with E-state index in [-0.39, 0.29) is 6.42 Å². The minimum Gasteiger partial charge on any atom is -0.481 e. The van der Waals surface area contributed by atoms with E-state index < -0.39 is 11.5 Å². The average Bonchev–Trinajstić information content (AvgIpc) is 2.01. The van der Waals surface area contributed by atoms with Gasteiger partial charge >= 0.3 is 5.97 Å². The molecule has 0 bridgehead atoms. The van der Waals surface area contributed by atoms with E-state index in [1.54, 1.807) is 19.1 Å². The molecule has 0 aliphatic carbocycles. The van der Waals surface area contributed by atoms with Crippen LogP contribution in [0.3, 0.4) is 0 Å². The van der Waals surface area contributed by atoms with Gasteiger partial charge < -0.3 is 16.6 Å². The van der Waals surface area contributed by atoms with E-state index in [9.17, 15) is 4.79 Å². The first-order valence-corrected chi connectivity index (χ1v) is 4.14. The van der Waals surface area contributed by atoms with Crippen LogP contribution in [0.4, 0.5) is 5.69 Å². The zero-order chi connectivity index (χ0) is 10.8. The molecular formula is C9H13N3O2. The number of carboxylic acids is 1. The van der Waals surface area contributed by atoms with Crippen molar-refractivity contribution in [3.63, 3.8) is 0 Å². The van der Waals surface area contributed by atoms with Crippen LogP contribution in [0.15, 0.2) is 18.3 Å². The molecule has 1 rings (SSSR count). The zero-order valence-electron chi connectivity index (χ0n) is 7.90. The third kappa shape index (κ3) is 2.43. The van der Waals surface area contributed by atoms with Gasteiger partial charge in [0.25, 0.3) is 0 Å². The Labute approximate surface area is 81.7 Å². The van der Waals surface area contributed by atoms with E-state index in [1.807, 2.05) is 0 Å². The third-order valence-corrected chi connectivity index (χ3v) is 1.89. The van der Waals surface area contributed by atoms with Crippen LogP contribution in [0, 0.1) is 0 Å². The molecule has 0 fully saturated rings. The highest BCUT2D eigenvalue weighted by Gasteiger charge is 2.26. The van der Waals surface area contributed by atoms with Crippen LogP contribution >= 0.6 is 0 Å². The molecule has 0 spiro atoms. The molecule has 5 N–H and O–H groups in total. The van der Waals surface area contributed by atoms with Crippen molar-refractivity contribution in [2.45, 2.75) is 18.9 Å². The number of nitrogens with zero attached hydrogens (tertiary/aromatic N) is 1. The molecule has 0 aliphatic heterocycles. The van der Waals surface area contributed by atoms with Gasteiger partial charge in [0.2, 0.25) is 0 Å².